The second-order valence-corrected chi connectivity index (χ2v) is 4.62. The van der Waals surface area contributed by atoms with Crippen molar-refractivity contribution in [2.75, 3.05) is 20.1 Å². The Morgan fingerprint density at radius 1 is 1.38 bits per heavy atom. The number of hydrogen-bond donors (Lipinski definition) is 0. The van der Waals surface area contributed by atoms with Gasteiger partial charge in [0, 0.05) is 25.7 Å². The molecule has 4 heteroatoms. The summed E-state index contributed by atoms with van der Waals surface area (Å²) in [5.74, 6) is 1.74. The highest BCUT2D eigenvalue weighted by Crippen LogP contribution is 2.27. The van der Waals surface area contributed by atoms with Gasteiger partial charge < -0.3 is 9.47 Å². The van der Waals surface area contributed by atoms with Crippen LogP contribution in [-0.2, 0) is 7.05 Å². The van der Waals surface area contributed by atoms with Crippen molar-refractivity contribution in [2.24, 2.45) is 7.05 Å². The summed E-state index contributed by atoms with van der Waals surface area (Å²) in [5, 5.41) is 0. The average molecular weight is 216 g/mol. The van der Waals surface area contributed by atoms with Gasteiger partial charge in [-0.05, 0) is 32.1 Å². The summed E-state index contributed by atoms with van der Waals surface area (Å²) >= 11 is 0. The van der Waals surface area contributed by atoms with Crippen LogP contribution in [0.1, 0.15) is 18.2 Å². The molecule has 3 rings (SSSR count). The Morgan fingerprint density at radius 2 is 2.25 bits per heavy atom. The first-order valence-corrected chi connectivity index (χ1v) is 5.71. The van der Waals surface area contributed by atoms with E-state index >= 15 is 0 Å². The van der Waals surface area contributed by atoms with E-state index in [2.05, 4.69) is 28.5 Å². The van der Waals surface area contributed by atoms with Gasteiger partial charge in [0.2, 0.25) is 0 Å². The fraction of sp³-hybridized carbons (Fsp3) is 0.500. The van der Waals surface area contributed by atoms with Crippen LogP contribution in [0, 0.1) is 0 Å². The monoisotopic (exact) mass is 216 g/mol. The maximum absolute atomic E-state index is 4.70. The Hall–Kier alpha value is -1.42. The van der Waals surface area contributed by atoms with Gasteiger partial charge in [0.05, 0.1) is 0 Å². The highest BCUT2D eigenvalue weighted by Gasteiger charge is 2.25. The van der Waals surface area contributed by atoms with Crippen molar-refractivity contribution < 1.29 is 0 Å². The first kappa shape index (κ1) is 9.78. The van der Waals surface area contributed by atoms with Crippen LogP contribution in [0.25, 0.3) is 11.2 Å². The number of hydrogen-bond acceptors (Lipinski definition) is 3. The molecular weight excluding hydrogens is 200 g/mol. The third-order valence-corrected chi connectivity index (χ3v) is 3.42. The Morgan fingerprint density at radius 3 is 2.94 bits per heavy atom. The van der Waals surface area contributed by atoms with Gasteiger partial charge in [-0.3, -0.25) is 0 Å². The van der Waals surface area contributed by atoms with E-state index in [1.54, 1.807) is 0 Å². The lowest BCUT2D eigenvalue weighted by atomic mass is 10.1. The molecule has 16 heavy (non-hydrogen) atoms. The fourth-order valence-electron chi connectivity index (χ4n) is 2.55. The van der Waals surface area contributed by atoms with E-state index in [1.807, 2.05) is 18.3 Å². The zero-order chi connectivity index (χ0) is 11.1. The van der Waals surface area contributed by atoms with Gasteiger partial charge in [0.25, 0.3) is 0 Å². The molecule has 3 heterocycles. The van der Waals surface area contributed by atoms with Crippen LogP contribution in [0.3, 0.4) is 0 Å². The first-order valence-electron chi connectivity index (χ1n) is 5.71. The summed E-state index contributed by atoms with van der Waals surface area (Å²) in [5.41, 5.74) is 2.00. The van der Waals surface area contributed by atoms with Crippen molar-refractivity contribution in [1.82, 2.24) is 19.4 Å². The van der Waals surface area contributed by atoms with Crippen LogP contribution in [0.2, 0.25) is 0 Å². The van der Waals surface area contributed by atoms with E-state index in [0.717, 1.165) is 17.7 Å². The predicted molar refractivity (Wildman–Crippen MR) is 63.4 cm³/mol. The highest BCUT2D eigenvalue weighted by molar-refractivity contribution is 5.71. The van der Waals surface area contributed by atoms with Crippen LogP contribution in [0.4, 0.5) is 0 Å². The number of fused-ring (bicyclic) bond motifs is 1. The van der Waals surface area contributed by atoms with E-state index in [4.69, 9.17) is 4.98 Å². The molecule has 0 bridgehead atoms. The summed E-state index contributed by atoms with van der Waals surface area (Å²) in [7, 11) is 4.23. The van der Waals surface area contributed by atoms with Gasteiger partial charge in [0.15, 0.2) is 5.65 Å². The molecule has 0 aromatic carbocycles. The molecule has 1 atom stereocenters. The number of imidazole rings is 1. The van der Waals surface area contributed by atoms with Gasteiger partial charge >= 0.3 is 0 Å². The summed E-state index contributed by atoms with van der Waals surface area (Å²) < 4.78 is 2.14. The van der Waals surface area contributed by atoms with Crippen molar-refractivity contribution in [2.45, 2.75) is 12.3 Å². The van der Waals surface area contributed by atoms with Crippen molar-refractivity contribution in [3.63, 3.8) is 0 Å². The topological polar surface area (TPSA) is 34.0 Å². The third-order valence-electron chi connectivity index (χ3n) is 3.42. The van der Waals surface area contributed by atoms with Crippen molar-refractivity contribution in [3.05, 3.63) is 24.2 Å². The molecule has 4 nitrogen and oxygen atoms in total. The second kappa shape index (κ2) is 3.56. The van der Waals surface area contributed by atoms with Crippen LogP contribution in [-0.4, -0.2) is 39.6 Å². The summed E-state index contributed by atoms with van der Waals surface area (Å²) in [6, 6.07) is 3.98. The maximum Gasteiger partial charge on any atom is 0.159 e. The zero-order valence-electron chi connectivity index (χ0n) is 9.72. The van der Waals surface area contributed by atoms with Gasteiger partial charge in [-0.25, -0.2) is 9.97 Å². The normalized spacial score (nSPS) is 22.0. The summed E-state index contributed by atoms with van der Waals surface area (Å²) in [6.07, 6.45) is 3.03. The zero-order valence-corrected chi connectivity index (χ0v) is 9.72. The molecule has 0 saturated carbocycles. The molecule has 0 spiro atoms. The summed E-state index contributed by atoms with van der Waals surface area (Å²) in [6.45, 7) is 2.28. The van der Waals surface area contributed by atoms with E-state index in [1.165, 1.54) is 18.8 Å². The standard InChI is InChI=1S/C12H16N4/c1-15-7-5-9(8-15)11-14-10-4-3-6-13-12(10)16(11)2/h3-4,6,9H,5,7-8H2,1-2H3. The lowest BCUT2D eigenvalue weighted by Crippen LogP contribution is -2.14. The van der Waals surface area contributed by atoms with E-state index in [-0.39, 0.29) is 0 Å². The number of aryl methyl sites for hydroxylation is 1. The molecule has 1 aliphatic rings. The molecule has 0 aliphatic carbocycles. The number of aromatic nitrogens is 3. The summed E-state index contributed by atoms with van der Waals surface area (Å²) in [4.78, 5) is 11.4. The van der Waals surface area contributed by atoms with E-state index in [0.29, 0.717) is 5.92 Å². The smallest absolute Gasteiger partial charge is 0.159 e. The first-order chi connectivity index (χ1) is 7.75. The lowest BCUT2D eigenvalue weighted by molar-refractivity contribution is 0.408. The lowest BCUT2D eigenvalue weighted by Gasteiger charge is -2.09. The minimum Gasteiger partial charge on any atom is -0.316 e. The Balaban J connectivity index is 2.07. The maximum atomic E-state index is 4.70. The molecule has 0 N–H and O–H groups in total. The second-order valence-electron chi connectivity index (χ2n) is 4.62. The SMILES string of the molecule is CN1CCC(c2nc3cccnc3n2C)C1. The molecular formula is C12H16N4. The molecule has 0 amide bonds. The largest absolute Gasteiger partial charge is 0.316 e. The molecule has 1 fully saturated rings. The number of likely N-dealkylation sites (N-methyl/N-ethyl adjacent to an activating group) is 1. The van der Waals surface area contributed by atoms with Crippen molar-refractivity contribution >= 4 is 11.2 Å². The van der Waals surface area contributed by atoms with Crippen molar-refractivity contribution in [1.29, 1.82) is 0 Å². The van der Waals surface area contributed by atoms with Gasteiger partial charge in [-0.2, -0.15) is 0 Å². The average Bonchev–Trinajstić information content (AvgIpc) is 2.84. The van der Waals surface area contributed by atoms with Crippen LogP contribution in [0.15, 0.2) is 18.3 Å². The van der Waals surface area contributed by atoms with E-state index in [9.17, 15) is 0 Å². The predicted octanol–water partition coefficient (Wildman–Crippen LogP) is 1.39. The number of nitrogens with zero attached hydrogens (tertiary/aromatic N) is 4. The number of pyridine rings is 1. The minimum absolute atomic E-state index is 0.559. The molecule has 84 valence electrons. The van der Waals surface area contributed by atoms with Gasteiger partial charge in [0.1, 0.15) is 11.3 Å². The molecule has 2 aromatic heterocycles. The van der Waals surface area contributed by atoms with Gasteiger partial charge in [-0.15, -0.1) is 0 Å². The Labute approximate surface area is 94.9 Å². The number of likely N-dealkylation sites (tertiary alicyclic amines) is 1. The quantitative estimate of drug-likeness (QED) is 0.722. The Bertz CT molecular complexity index is 517. The highest BCUT2D eigenvalue weighted by atomic mass is 15.2. The van der Waals surface area contributed by atoms with Crippen LogP contribution in [0.5, 0.6) is 0 Å². The van der Waals surface area contributed by atoms with Crippen molar-refractivity contribution in [3.8, 4) is 0 Å². The van der Waals surface area contributed by atoms with Crippen LogP contribution >= 0.6 is 0 Å². The fourth-order valence-corrected chi connectivity index (χ4v) is 2.55. The van der Waals surface area contributed by atoms with Gasteiger partial charge in [-0.1, -0.05) is 0 Å². The third kappa shape index (κ3) is 1.41. The minimum atomic E-state index is 0.559. The number of rotatable bonds is 1. The molecule has 0 radical (unpaired) electrons. The van der Waals surface area contributed by atoms with Crippen LogP contribution < -0.4 is 0 Å². The van der Waals surface area contributed by atoms with E-state index < -0.39 is 0 Å². The Kier molecular flexibility index (Phi) is 2.17. The molecule has 1 saturated heterocycles. The molecule has 2 aromatic rings. The molecule has 1 aliphatic heterocycles. The molecule has 1 unspecified atom stereocenters.